The van der Waals surface area contributed by atoms with E-state index >= 15 is 0 Å². The maximum atomic E-state index is 11.7. The Morgan fingerprint density at radius 2 is 1.81 bits per heavy atom. The van der Waals surface area contributed by atoms with Crippen molar-refractivity contribution in [3.63, 3.8) is 0 Å². The second-order valence-corrected chi connectivity index (χ2v) is 9.04. The third-order valence-corrected chi connectivity index (χ3v) is 6.86. The molecule has 2 fully saturated rings. The van der Waals surface area contributed by atoms with Crippen molar-refractivity contribution in [3.8, 4) is 0 Å². The van der Waals surface area contributed by atoms with Crippen molar-refractivity contribution < 1.29 is 8.42 Å². The zero-order valence-corrected chi connectivity index (χ0v) is 14.5. The molecule has 124 valence electrons. The van der Waals surface area contributed by atoms with Crippen molar-refractivity contribution in [1.82, 2.24) is 9.21 Å². The van der Waals surface area contributed by atoms with Crippen LogP contribution >= 0.6 is 0 Å². The second kappa shape index (κ2) is 6.52. The first kappa shape index (κ1) is 17.2. The van der Waals surface area contributed by atoms with E-state index in [4.69, 9.17) is 5.73 Å². The standard InChI is InChI=1S/C15H31N3O2S/c1-13(2)14-6-4-5-7-15(14,12-16)17-8-10-18(11-9-17)21(3,19)20/h13-14H,4-12,16H2,1-3H3. The minimum Gasteiger partial charge on any atom is -0.329 e. The smallest absolute Gasteiger partial charge is 0.211 e. The molecule has 2 rings (SSSR count). The number of piperazine rings is 1. The Morgan fingerprint density at radius 1 is 1.19 bits per heavy atom. The molecular formula is C15H31N3O2S. The van der Waals surface area contributed by atoms with Crippen LogP contribution in [-0.2, 0) is 10.0 Å². The molecule has 1 aliphatic heterocycles. The van der Waals surface area contributed by atoms with E-state index in [1.165, 1.54) is 25.5 Å². The lowest BCUT2D eigenvalue weighted by Crippen LogP contribution is -2.65. The van der Waals surface area contributed by atoms with Gasteiger partial charge in [0.15, 0.2) is 0 Å². The molecule has 5 nitrogen and oxygen atoms in total. The summed E-state index contributed by atoms with van der Waals surface area (Å²) in [5.74, 6) is 1.25. The summed E-state index contributed by atoms with van der Waals surface area (Å²) < 4.78 is 24.9. The first-order valence-electron chi connectivity index (χ1n) is 8.21. The fourth-order valence-electron chi connectivity index (χ4n) is 4.44. The van der Waals surface area contributed by atoms with Crippen molar-refractivity contribution >= 4 is 10.0 Å². The van der Waals surface area contributed by atoms with Gasteiger partial charge in [0.25, 0.3) is 0 Å². The normalized spacial score (nSPS) is 33.5. The van der Waals surface area contributed by atoms with Crippen LogP contribution in [0.2, 0.25) is 0 Å². The number of hydrogen-bond donors (Lipinski definition) is 1. The Balaban J connectivity index is 2.14. The van der Waals surface area contributed by atoms with Gasteiger partial charge < -0.3 is 5.73 Å². The summed E-state index contributed by atoms with van der Waals surface area (Å²) in [5, 5.41) is 0. The molecule has 2 unspecified atom stereocenters. The van der Waals surface area contributed by atoms with Crippen molar-refractivity contribution in [3.05, 3.63) is 0 Å². The molecule has 21 heavy (non-hydrogen) atoms. The summed E-state index contributed by atoms with van der Waals surface area (Å²) in [7, 11) is -3.06. The van der Waals surface area contributed by atoms with E-state index in [9.17, 15) is 8.42 Å². The van der Waals surface area contributed by atoms with E-state index in [-0.39, 0.29) is 5.54 Å². The minimum absolute atomic E-state index is 0.0794. The van der Waals surface area contributed by atoms with Crippen molar-refractivity contribution in [2.75, 3.05) is 39.0 Å². The summed E-state index contributed by atoms with van der Waals surface area (Å²) in [6.45, 7) is 8.12. The Morgan fingerprint density at radius 3 is 2.29 bits per heavy atom. The third kappa shape index (κ3) is 3.44. The molecule has 0 amide bonds. The summed E-state index contributed by atoms with van der Waals surface area (Å²) in [6.07, 6.45) is 6.26. The van der Waals surface area contributed by atoms with E-state index in [2.05, 4.69) is 18.7 Å². The van der Waals surface area contributed by atoms with Gasteiger partial charge in [-0.15, -0.1) is 0 Å². The molecule has 6 heteroatoms. The van der Waals surface area contributed by atoms with E-state index in [1.807, 2.05) is 0 Å². The van der Waals surface area contributed by atoms with Crippen LogP contribution in [0.15, 0.2) is 0 Å². The van der Waals surface area contributed by atoms with Gasteiger partial charge in [0.1, 0.15) is 0 Å². The Hall–Kier alpha value is -0.170. The van der Waals surface area contributed by atoms with E-state index in [0.29, 0.717) is 31.5 Å². The highest BCUT2D eigenvalue weighted by Gasteiger charge is 2.46. The van der Waals surface area contributed by atoms with Crippen LogP contribution < -0.4 is 5.73 Å². The zero-order valence-electron chi connectivity index (χ0n) is 13.7. The Bertz CT molecular complexity index is 444. The SMILES string of the molecule is CC(C)C1CCCCC1(CN)N1CCN(S(C)(=O)=O)CC1. The van der Waals surface area contributed by atoms with E-state index in [0.717, 1.165) is 19.5 Å². The Kier molecular flexibility index (Phi) is 5.34. The van der Waals surface area contributed by atoms with Crippen LogP contribution in [0.1, 0.15) is 39.5 Å². The highest BCUT2D eigenvalue weighted by Crippen LogP contribution is 2.42. The number of sulfonamides is 1. The quantitative estimate of drug-likeness (QED) is 0.843. The van der Waals surface area contributed by atoms with Gasteiger partial charge in [0, 0.05) is 38.3 Å². The molecule has 1 saturated heterocycles. The molecule has 0 radical (unpaired) electrons. The summed E-state index contributed by atoms with van der Waals surface area (Å²) in [5.41, 5.74) is 6.32. The van der Waals surface area contributed by atoms with E-state index in [1.54, 1.807) is 4.31 Å². The van der Waals surface area contributed by atoms with Gasteiger partial charge in [0.05, 0.1) is 6.26 Å². The van der Waals surface area contributed by atoms with Crippen LogP contribution in [0.5, 0.6) is 0 Å². The van der Waals surface area contributed by atoms with Gasteiger partial charge in [-0.2, -0.15) is 4.31 Å². The van der Waals surface area contributed by atoms with Gasteiger partial charge in [-0.1, -0.05) is 26.7 Å². The molecule has 2 N–H and O–H groups in total. The van der Waals surface area contributed by atoms with Gasteiger partial charge in [-0.05, 0) is 24.7 Å². The molecule has 0 aromatic rings. The lowest BCUT2D eigenvalue weighted by molar-refractivity contribution is -0.0295. The Labute approximate surface area is 129 Å². The highest BCUT2D eigenvalue weighted by molar-refractivity contribution is 7.88. The average Bonchev–Trinajstić information content (AvgIpc) is 2.46. The first-order chi connectivity index (χ1) is 9.81. The van der Waals surface area contributed by atoms with Gasteiger partial charge >= 0.3 is 0 Å². The predicted octanol–water partition coefficient (Wildman–Crippen LogP) is 1.11. The molecule has 2 aliphatic rings. The van der Waals surface area contributed by atoms with Crippen LogP contribution in [-0.4, -0.2) is 62.1 Å². The molecule has 1 heterocycles. The van der Waals surface area contributed by atoms with Crippen LogP contribution in [0.3, 0.4) is 0 Å². The number of nitrogens with two attached hydrogens (primary N) is 1. The highest BCUT2D eigenvalue weighted by atomic mass is 32.2. The molecule has 2 atom stereocenters. The lowest BCUT2D eigenvalue weighted by atomic mass is 9.66. The lowest BCUT2D eigenvalue weighted by Gasteiger charge is -2.54. The molecular weight excluding hydrogens is 286 g/mol. The van der Waals surface area contributed by atoms with E-state index < -0.39 is 10.0 Å². The molecule has 1 saturated carbocycles. The van der Waals surface area contributed by atoms with Gasteiger partial charge in [0.2, 0.25) is 10.0 Å². The first-order valence-corrected chi connectivity index (χ1v) is 10.1. The van der Waals surface area contributed by atoms with Gasteiger partial charge in [-0.25, -0.2) is 8.42 Å². The maximum Gasteiger partial charge on any atom is 0.211 e. The average molecular weight is 317 g/mol. The molecule has 0 bridgehead atoms. The topological polar surface area (TPSA) is 66.6 Å². The zero-order chi connectivity index (χ0) is 15.7. The van der Waals surface area contributed by atoms with Gasteiger partial charge in [-0.3, -0.25) is 4.90 Å². The minimum atomic E-state index is -3.06. The summed E-state index contributed by atoms with van der Waals surface area (Å²) in [4.78, 5) is 2.50. The summed E-state index contributed by atoms with van der Waals surface area (Å²) >= 11 is 0. The fraction of sp³-hybridized carbons (Fsp3) is 1.00. The third-order valence-electron chi connectivity index (χ3n) is 5.56. The number of nitrogens with zero attached hydrogens (tertiary/aromatic N) is 2. The van der Waals surface area contributed by atoms with Crippen molar-refractivity contribution in [2.24, 2.45) is 17.6 Å². The molecule has 0 aromatic heterocycles. The van der Waals surface area contributed by atoms with Crippen molar-refractivity contribution in [2.45, 2.75) is 45.1 Å². The monoisotopic (exact) mass is 317 g/mol. The fourth-order valence-corrected chi connectivity index (χ4v) is 5.27. The number of rotatable bonds is 4. The number of hydrogen-bond acceptors (Lipinski definition) is 4. The largest absolute Gasteiger partial charge is 0.329 e. The van der Waals surface area contributed by atoms with Crippen LogP contribution in [0.25, 0.3) is 0 Å². The summed E-state index contributed by atoms with van der Waals surface area (Å²) in [6, 6.07) is 0. The molecule has 1 aliphatic carbocycles. The van der Waals surface area contributed by atoms with Crippen LogP contribution in [0.4, 0.5) is 0 Å². The maximum absolute atomic E-state index is 11.7. The second-order valence-electron chi connectivity index (χ2n) is 7.05. The predicted molar refractivity (Wildman–Crippen MR) is 86.6 cm³/mol. The van der Waals surface area contributed by atoms with Crippen LogP contribution in [0, 0.1) is 11.8 Å². The molecule has 0 aromatic carbocycles. The van der Waals surface area contributed by atoms with Crippen molar-refractivity contribution in [1.29, 1.82) is 0 Å². The molecule has 0 spiro atoms.